The zero-order chi connectivity index (χ0) is 31.3. The molecule has 0 unspecified atom stereocenters. The van der Waals surface area contributed by atoms with Crippen LogP contribution in [0, 0.1) is 0 Å². The topological polar surface area (TPSA) is 94.7 Å². The Hall–Kier alpha value is -3.80. The first-order valence-electron chi connectivity index (χ1n) is 15.4. The summed E-state index contributed by atoms with van der Waals surface area (Å²) in [7, 11) is 0. The predicted molar refractivity (Wildman–Crippen MR) is 170 cm³/mol. The minimum atomic E-state index is -0.524. The summed E-state index contributed by atoms with van der Waals surface area (Å²) in [6.45, 7) is 12.7. The van der Waals surface area contributed by atoms with Gasteiger partial charge in [0.25, 0.3) is 5.82 Å². The minimum absolute atomic E-state index is 0. The molecule has 0 radical (unpaired) electrons. The second-order valence-corrected chi connectivity index (χ2v) is 11.9. The highest BCUT2D eigenvalue weighted by atomic mass is 127. The molecule has 0 spiro atoms. The van der Waals surface area contributed by atoms with Crippen LogP contribution in [0.4, 0.5) is 9.59 Å². The number of halogens is 1. The molecule has 9 nitrogen and oxygen atoms in total. The number of ether oxygens (including phenoxy) is 3. The van der Waals surface area contributed by atoms with Crippen molar-refractivity contribution in [2.75, 3.05) is 19.8 Å². The summed E-state index contributed by atoms with van der Waals surface area (Å²) in [5.41, 5.74) is 6.36. The Morgan fingerprint density at radius 3 is 2.20 bits per heavy atom. The van der Waals surface area contributed by atoms with Crippen molar-refractivity contribution in [3.05, 3.63) is 83.7 Å². The number of alkyl carbamates (subject to hydrolysis) is 2. The number of rotatable bonds is 11. The van der Waals surface area contributed by atoms with Crippen molar-refractivity contribution >= 4 is 23.2 Å². The fourth-order valence-electron chi connectivity index (χ4n) is 5.93. The highest BCUT2D eigenvalue weighted by molar-refractivity contribution is 5.79. The van der Waals surface area contributed by atoms with Crippen LogP contribution >= 0.6 is 0 Å². The van der Waals surface area contributed by atoms with E-state index in [4.69, 9.17) is 14.2 Å². The molecule has 0 bridgehead atoms. The van der Waals surface area contributed by atoms with Crippen molar-refractivity contribution in [1.82, 2.24) is 15.2 Å². The van der Waals surface area contributed by atoms with Crippen molar-refractivity contribution in [1.29, 1.82) is 0 Å². The van der Waals surface area contributed by atoms with Gasteiger partial charge in [-0.1, -0.05) is 48.5 Å². The molecule has 1 aromatic heterocycles. The molecule has 0 aliphatic heterocycles. The molecule has 0 fully saturated rings. The highest BCUT2D eigenvalue weighted by Crippen LogP contribution is 2.44. The van der Waals surface area contributed by atoms with E-state index < -0.39 is 17.8 Å². The lowest BCUT2D eigenvalue weighted by molar-refractivity contribution is -0.676. The van der Waals surface area contributed by atoms with Gasteiger partial charge in [-0.3, -0.25) is 0 Å². The van der Waals surface area contributed by atoms with Crippen LogP contribution in [0.2, 0.25) is 0 Å². The molecule has 1 heterocycles. The average molecular weight is 727 g/mol. The quantitative estimate of drug-likeness (QED) is 0.141. The van der Waals surface area contributed by atoms with E-state index in [9.17, 15) is 9.59 Å². The zero-order valence-corrected chi connectivity index (χ0v) is 28.8. The van der Waals surface area contributed by atoms with Crippen molar-refractivity contribution in [2.45, 2.75) is 72.2 Å². The van der Waals surface area contributed by atoms with Crippen LogP contribution in [0.15, 0.2) is 66.7 Å². The Labute approximate surface area is 282 Å². The molecule has 4 aromatic rings. The summed E-state index contributed by atoms with van der Waals surface area (Å²) < 4.78 is 21.5. The molecule has 1 aliphatic rings. The number of carbonyl (C=O) groups excluding carboxylic acids is 2. The number of aromatic nitrogens is 2. The molecule has 0 atom stereocenters. The van der Waals surface area contributed by atoms with Gasteiger partial charge < -0.3 is 48.8 Å². The molecule has 1 aliphatic carbocycles. The summed E-state index contributed by atoms with van der Waals surface area (Å²) in [6.07, 6.45) is -0.217. The van der Waals surface area contributed by atoms with Crippen LogP contribution < -0.4 is 43.9 Å². The Kier molecular flexibility index (Phi) is 11.4. The summed E-state index contributed by atoms with van der Waals surface area (Å²) >= 11 is 0. The lowest BCUT2D eigenvalue weighted by Gasteiger charge is -2.19. The molecule has 45 heavy (non-hydrogen) atoms. The number of hydrogen-bond donors (Lipinski definition) is 2. The highest BCUT2D eigenvalue weighted by Gasteiger charge is 2.29. The second-order valence-electron chi connectivity index (χ2n) is 11.9. The van der Waals surface area contributed by atoms with Crippen LogP contribution in [-0.2, 0) is 29.1 Å². The molecular formula is C35H43IN4O5. The van der Waals surface area contributed by atoms with E-state index in [1.807, 2.05) is 57.2 Å². The van der Waals surface area contributed by atoms with E-state index >= 15 is 0 Å². The van der Waals surface area contributed by atoms with Gasteiger partial charge in [-0.25, -0.2) is 18.7 Å². The summed E-state index contributed by atoms with van der Waals surface area (Å²) in [5.74, 6) is 1.75. The van der Waals surface area contributed by atoms with E-state index in [1.165, 1.54) is 22.3 Å². The van der Waals surface area contributed by atoms with E-state index in [1.54, 1.807) is 0 Å². The molecular weight excluding hydrogens is 683 g/mol. The third-order valence-electron chi connectivity index (χ3n) is 7.78. The zero-order valence-electron chi connectivity index (χ0n) is 26.7. The van der Waals surface area contributed by atoms with Gasteiger partial charge in [0.05, 0.1) is 19.7 Å². The third kappa shape index (κ3) is 7.89. The molecule has 2 N–H and O–H groups in total. The number of nitrogens with zero attached hydrogens (tertiary/aromatic N) is 2. The number of carbonyl (C=O) groups is 2. The standard InChI is InChI=1S/C35H42N4O5.HI/c1-6-38-30-18-17-24(42-20-12-19-36-34(41)44-35(3,4)5)21-31(30)39(7-2)32(38)22-37-33(40)43-23-29-27-15-10-8-13-25(27)26-14-9-11-16-28(26)29;/h8-11,13-18,21,29H,6-7,12,19-20,22-23H2,1-5H3,(H-,36,37,40,41);1H. The first kappa shape index (κ1) is 34.1. The second kappa shape index (κ2) is 15.0. The van der Waals surface area contributed by atoms with Crippen LogP contribution in [0.3, 0.4) is 0 Å². The van der Waals surface area contributed by atoms with Crippen molar-refractivity contribution in [2.24, 2.45) is 0 Å². The third-order valence-corrected chi connectivity index (χ3v) is 7.78. The number of nitrogens with one attached hydrogen (secondary N) is 2. The molecule has 10 heteroatoms. The summed E-state index contributed by atoms with van der Waals surface area (Å²) in [4.78, 5) is 24.8. The normalized spacial score (nSPS) is 12.2. The van der Waals surface area contributed by atoms with Gasteiger partial charge >= 0.3 is 12.2 Å². The average Bonchev–Trinajstić information content (AvgIpc) is 3.49. The van der Waals surface area contributed by atoms with E-state index in [-0.39, 0.29) is 36.5 Å². The smallest absolute Gasteiger partial charge is 0.407 e. The summed E-state index contributed by atoms with van der Waals surface area (Å²) in [6, 6.07) is 22.7. The number of aryl methyl sites for hydroxylation is 2. The fraction of sp³-hybridized carbons (Fsp3) is 0.400. The monoisotopic (exact) mass is 726 g/mol. The number of imidazole rings is 1. The fourth-order valence-corrected chi connectivity index (χ4v) is 5.93. The largest absolute Gasteiger partial charge is 1.00 e. The maximum atomic E-state index is 12.9. The van der Waals surface area contributed by atoms with Gasteiger partial charge in [-0.05, 0) is 75.4 Å². The van der Waals surface area contributed by atoms with Crippen LogP contribution in [-0.4, -0.2) is 42.1 Å². The Bertz CT molecular complexity index is 1600. The van der Waals surface area contributed by atoms with E-state index in [0.29, 0.717) is 26.1 Å². The van der Waals surface area contributed by atoms with Gasteiger partial charge in [-0.2, -0.15) is 0 Å². The first-order valence-corrected chi connectivity index (χ1v) is 15.4. The van der Waals surface area contributed by atoms with Gasteiger partial charge in [0, 0.05) is 18.5 Å². The maximum absolute atomic E-state index is 12.9. The molecule has 0 saturated heterocycles. The Morgan fingerprint density at radius 1 is 0.911 bits per heavy atom. The number of fused-ring (bicyclic) bond motifs is 4. The SMILES string of the molecule is CCn1c(CNC(=O)OCC2c3ccccc3-c3ccccc32)[n+](CC)c2ccc(OCCCNC(=O)OC(C)(C)C)cc21.[I-]. The van der Waals surface area contributed by atoms with Crippen LogP contribution in [0.1, 0.15) is 63.9 Å². The Morgan fingerprint density at radius 2 is 1.58 bits per heavy atom. The number of hydrogen-bond acceptors (Lipinski definition) is 5. The van der Waals surface area contributed by atoms with Crippen molar-refractivity contribution in [3.8, 4) is 16.9 Å². The van der Waals surface area contributed by atoms with Gasteiger partial charge in [0.2, 0.25) is 0 Å². The van der Waals surface area contributed by atoms with E-state index in [0.717, 1.165) is 35.7 Å². The van der Waals surface area contributed by atoms with Gasteiger partial charge in [0.1, 0.15) is 24.5 Å². The van der Waals surface area contributed by atoms with Crippen LogP contribution in [0.25, 0.3) is 22.2 Å². The molecule has 0 saturated carbocycles. The number of amides is 2. The maximum Gasteiger partial charge on any atom is 0.407 e. The first-order chi connectivity index (χ1) is 21.2. The van der Waals surface area contributed by atoms with Gasteiger partial charge in [-0.15, -0.1) is 0 Å². The predicted octanol–water partition coefficient (Wildman–Crippen LogP) is 3.30. The lowest BCUT2D eigenvalue weighted by atomic mass is 9.98. The molecule has 2 amide bonds. The van der Waals surface area contributed by atoms with Crippen LogP contribution in [0.5, 0.6) is 5.75 Å². The Balaban J connectivity index is 0.00000461. The van der Waals surface area contributed by atoms with E-state index in [2.05, 4.69) is 63.9 Å². The minimum Gasteiger partial charge on any atom is -1.00 e. The molecule has 5 rings (SSSR count). The van der Waals surface area contributed by atoms with Gasteiger partial charge in [0.15, 0.2) is 11.0 Å². The molecule has 240 valence electrons. The lowest BCUT2D eigenvalue weighted by Crippen LogP contribution is -3.00. The van der Waals surface area contributed by atoms with Crippen molar-refractivity contribution in [3.63, 3.8) is 0 Å². The van der Waals surface area contributed by atoms with Crippen molar-refractivity contribution < 1.29 is 52.3 Å². The number of benzene rings is 3. The molecule has 3 aromatic carbocycles. The summed E-state index contributed by atoms with van der Waals surface area (Å²) in [5, 5.41) is 5.74.